The quantitative estimate of drug-likeness (QED) is 0.752. The van der Waals surface area contributed by atoms with Crippen LogP contribution >= 0.6 is 0 Å². The number of rotatable bonds is 4. The molecule has 0 saturated heterocycles. The molecule has 0 radical (unpaired) electrons. The highest BCUT2D eigenvalue weighted by atomic mass is 16.1. The number of hydrogen-bond acceptors (Lipinski definition) is 3. The maximum atomic E-state index is 12.4. The molecule has 0 aliphatic heterocycles. The van der Waals surface area contributed by atoms with Crippen LogP contribution < -0.4 is 5.32 Å². The average molecular weight is 292 g/mol. The van der Waals surface area contributed by atoms with E-state index in [-0.39, 0.29) is 5.91 Å². The van der Waals surface area contributed by atoms with Crippen LogP contribution in [0.5, 0.6) is 0 Å². The van der Waals surface area contributed by atoms with E-state index in [0.717, 1.165) is 22.2 Å². The minimum Gasteiger partial charge on any atom is -0.349 e. The molecule has 110 valence electrons. The van der Waals surface area contributed by atoms with E-state index in [1.165, 1.54) is 0 Å². The molecule has 22 heavy (non-hydrogen) atoms. The molecule has 2 aromatic heterocycles. The highest BCUT2D eigenvalue weighted by Gasteiger charge is 2.13. The third-order valence-electron chi connectivity index (χ3n) is 3.37. The predicted molar refractivity (Wildman–Crippen MR) is 86.5 cm³/mol. The normalized spacial score (nSPS) is 10.6. The number of para-hydroxylation sites is 1. The van der Waals surface area contributed by atoms with Crippen molar-refractivity contribution >= 4 is 16.8 Å². The molecule has 3 rings (SSSR count). The van der Waals surface area contributed by atoms with Crippen molar-refractivity contribution in [3.8, 4) is 11.3 Å². The largest absolute Gasteiger partial charge is 0.349 e. The Morgan fingerprint density at radius 1 is 1.41 bits per heavy atom. The number of aromatic nitrogens is 3. The molecule has 0 spiro atoms. The van der Waals surface area contributed by atoms with Gasteiger partial charge in [-0.15, -0.1) is 6.58 Å². The fraction of sp³-hybridized carbons (Fsp3) is 0.118. The van der Waals surface area contributed by atoms with Crippen molar-refractivity contribution < 1.29 is 4.79 Å². The fourth-order valence-electron chi connectivity index (χ4n) is 2.32. The van der Waals surface area contributed by atoms with Crippen LogP contribution in [0.25, 0.3) is 22.2 Å². The molecule has 0 saturated carbocycles. The first kappa shape index (κ1) is 14.0. The van der Waals surface area contributed by atoms with Gasteiger partial charge in [0.1, 0.15) is 0 Å². The Kier molecular flexibility index (Phi) is 3.70. The second-order valence-electron chi connectivity index (χ2n) is 4.97. The van der Waals surface area contributed by atoms with Gasteiger partial charge in [-0.05, 0) is 12.1 Å². The Morgan fingerprint density at radius 3 is 2.95 bits per heavy atom. The van der Waals surface area contributed by atoms with Gasteiger partial charge in [0, 0.05) is 30.7 Å². The van der Waals surface area contributed by atoms with E-state index >= 15 is 0 Å². The second kappa shape index (κ2) is 5.81. The molecule has 0 atom stereocenters. The lowest BCUT2D eigenvalue weighted by Gasteiger charge is -2.08. The molecule has 1 aromatic carbocycles. The molecule has 3 aromatic rings. The fourth-order valence-corrected chi connectivity index (χ4v) is 2.32. The Balaban J connectivity index is 2.16. The molecule has 0 bridgehead atoms. The first-order chi connectivity index (χ1) is 10.7. The Hall–Kier alpha value is -2.95. The number of hydrogen-bond donors (Lipinski definition) is 1. The summed E-state index contributed by atoms with van der Waals surface area (Å²) in [4.78, 5) is 17.0. The molecule has 0 fully saturated rings. The second-order valence-corrected chi connectivity index (χ2v) is 4.97. The van der Waals surface area contributed by atoms with E-state index in [4.69, 9.17) is 0 Å². The molecule has 0 aliphatic carbocycles. The smallest absolute Gasteiger partial charge is 0.252 e. The first-order valence-corrected chi connectivity index (χ1v) is 6.97. The van der Waals surface area contributed by atoms with Crippen LogP contribution in [-0.4, -0.2) is 27.2 Å². The van der Waals surface area contributed by atoms with Crippen LogP contribution in [0.4, 0.5) is 0 Å². The zero-order valence-corrected chi connectivity index (χ0v) is 12.3. The molecule has 5 nitrogen and oxygen atoms in total. The van der Waals surface area contributed by atoms with Gasteiger partial charge in [0.2, 0.25) is 0 Å². The molecule has 0 aliphatic rings. The van der Waals surface area contributed by atoms with Crippen LogP contribution in [0.1, 0.15) is 10.4 Å². The molecule has 1 N–H and O–H groups in total. The summed E-state index contributed by atoms with van der Waals surface area (Å²) in [5, 5.41) is 7.81. The zero-order valence-electron chi connectivity index (χ0n) is 12.3. The summed E-state index contributed by atoms with van der Waals surface area (Å²) < 4.78 is 1.71. The Bertz CT molecular complexity index is 851. The van der Waals surface area contributed by atoms with Gasteiger partial charge in [-0.2, -0.15) is 5.10 Å². The van der Waals surface area contributed by atoms with Crippen molar-refractivity contribution in [1.82, 2.24) is 20.1 Å². The Labute approximate surface area is 128 Å². The SMILES string of the molecule is C=CCNC(=O)c1cc(-c2cnn(C)c2)nc2ccccc12. The maximum Gasteiger partial charge on any atom is 0.252 e. The Morgan fingerprint density at radius 2 is 2.23 bits per heavy atom. The number of aryl methyl sites for hydroxylation is 1. The lowest BCUT2D eigenvalue weighted by molar-refractivity contribution is 0.0959. The van der Waals surface area contributed by atoms with Crippen molar-refractivity contribution in [2.75, 3.05) is 6.54 Å². The standard InChI is InChI=1S/C17H16N4O/c1-3-8-18-17(22)14-9-16(12-10-19-21(2)11-12)20-15-7-5-4-6-13(14)15/h3-7,9-11H,1,8H2,2H3,(H,18,22). The zero-order chi connectivity index (χ0) is 15.5. The minimum atomic E-state index is -0.136. The summed E-state index contributed by atoms with van der Waals surface area (Å²) in [7, 11) is 1.85. The van der Waals surface area contributed by atoms with Crippen LogP contribution in [0.2, 0.25) is 0 Å². The average Bonchev–Trinajstić information content (AvgIpc) is 2.98. The number of carbonyl (C=O) groups excluding carboxylic acids is 1. The maximum absolute atomic E-state index is 12.4. The predicted octanol–water partition coefficient (Wildman–Crippen LogP) is 2.55. The monoisotopic (exact) mass is 292 g/mol. The topological polar surface area (TPSA) is 59.8 Å². The summed E-state index contributed by atoms with van der Waals surface area (Å²) >= 11 is 0. The third kappa shape index (κ3) is 2.61. The van der Waals surface area contributed by atoms with E-state index < -0.39 is 0 Å². The molecule has 1 amide bonds. The summed E-state index contributed by atoms with van der Waals surface area (Å²) in [5.74, 6) is -0.136. The van der Waals surface area contributed by atoms with E-state index in [1.807, 2.05) is 37.5 Å². The summed E-state index contributed by atoms with van der Waals surface area (Å²) in [6.45, 7) is 4.05. The number of benzene rings is 1. The van der Waals surface area contributed by atoms with Gasteiger partial charge in [0.15, 0.2) is 0 Å². The van der Waals surface area contributed by atoms with Crippen molar-refractivity contribution in [1.29, 1.82) is 0 Å². The van der Waals surface area contributed by atoms with Gasteiger partial charge in [-0.25, -0.2) is 4.98 Å². The highest BCUT2D eigenvalue weighted by molar-refractivity contribution is 6.07. The van der Waals surface area contributed by atoms with E-state index in [9.17, 15) is 4.79 Å². The number of carbonyl (C=O) groups is 1. The number of pyridine rings is 1. The third-order valence-corrected chi connectivity index (χ3v) is 3.37. The summed E-state index contributed by atoms with van der Waals surface area (Å²) in [6, 6.07) is 9.42. The summed E-state index contributed by atoms with van der Waals surface area (Å²) in [5.41, 5.74) is 3.00. The number of nitrogens with zero attached hydrogens (tertiary/aromatic N) is 3. The van der Waals surface area contributed by atoms with Crippen molar-refractivity contribution in [2.24, 2.45) is 7.05 Å². The minimum absolute atomic E-state index is 0.136. The molecular formula is C17H16N4O. The van der Waals surface area contributed by atoms with Crippen LogP contribution in [0.15, 0.2) is 55.4 Å². The highest BCUT2D eigenvalue weighted by Crippen LogP contribution is 2.24. The first-order valence-electron chi connectivity index (χ1n) is 6.97. The van der Waals surface area contributed by atoms with Crippen LogP contribution in [0.3, 0.4) is 0 Å². The number of amides is 1. The lowest BCUT2D eigenvalue weighted by Crippen LogP contribution is -2.23. The van der Waals surface area contributed by atoms with Gasteiger partial charge < -0.3 is 5.32 Å². The van der Waals surface area contributed by atoms with Gasteiger partial charge >= 0.3 is 0 Å². The van der Waals surface area contributed by atoms with Gasteiger partial charge in [-0.3, -0.25) is 9.48 Å². The van der Waals surface area contributed by atoms with Gasteiger partial charge in [-0.1, -0.05) is 24.3 Å². The van der Waals surface area contributed by atoms with Crippen molar-refractivity contribution in [2.45, 2.75) is 0 Å². The number of nitrogens with one attached hydrogen (secondary N) is 1. The van der Waals surface area contributed by atoms with E-state index in [0.29, 0.717) is 12.1 Å². The molecule has 0 unspecified atom stereocenters. The van der Waals surface area contributed by atoms with Crippen LogP contribution in [-0.2, 0) is 7.05 Å². The molecule has 2 heterocycles. The van der Waals surface area contributed by atoms with E-state index in [2.05, 4.69) is 22.0 Å². The van der Waals surface area contributed by atoms with Crippen LogP contribution in [0, 0.1) is 0 Å². The lowest BCUT2D eigenvalue weighted by atomic mass is 10.0. The van der Waals surface area contributed by atoms with E-state index in [1.54, 1.807) is 23.0 Å². The molecule has 5 heteroatoms. The van der Waals surface area contributed by atoms with Gasteiger partial charge in [0.25, 0.3) is 5.91 Å². The molecular weight excluding hydrogens is 276 g/mol. The van der Waals surface area contributed by atoms with Crippen molar-refractivity contribution in [3.63, 3.8) is 0 Å². The number of fused-ring (bicyclic) bond motifs is 1. The summed E-state index contributed by atoms with van der Waals surface area (Å²) in [6.07, 6.45) is 5.27. The van der Waals surface area contributed by atoms with Gasteiger partial charge in [0.05, 0.1) is 23.0 Å². The van der Waals surface area contributed by atoms with Crippen molar-refractivity contribution in [3.05, 3.63) is 60.9 Å².